The first kappa shape index (κ1) is 24.6. The fourth-order valence-corrected chi connectivity index (χ4v) is 4.94. The third-order valence-corrected chi connectivity index (χ3v) is 7.09. The van der Waals surface area contributed by atoms with Gasteiger partial charge in [0, 0.05) is 5.02 Å². The highest BCUT2D eigenvalue weighted by Gasteiger charge is 2.28. The Hall–Kier alpha value is -3.03. The molecule has 1 N–H and O–H groups in total. The zero-order valence-electron chi connectivity index (χ0n) is 18.8. The van der Waals surface area contributed by atoms with E-state index < -0.39 is 15.9 Å². The number of aryl methyl sites for hydroxylation is 3. The zero-order chi connectivity index (χ0) is 24.0. The molecular weight excluding hydrogens is 460 g/mol. The van der Waals surface area contributed by atoms with Crippen molar-refractivity contribution in [2.75, 3.05) is 24.0 Å². The van der Waals surface area contributed by atoms with Gasteiger partial charge in [-0.1, -0.05) is 48.0 Å². The molecule has 0 atom stereocenters. The van der Waals surface area contributed by atoms with E-state index in [4.69, 9.17) is 16.3 Å². The molecule has 0 unspecified atom stereocenters. The Morgan fingerprint density at radius 2 is 1.67 bits per heavy atom. The van der Waals surface area contributed by atoms with Crippen LogP contribution in [0.4, 0.5) is 5.69 Å². The van der Waals surface area contributed by atoms with Crippen molar-refractivity contribution in [3.05, 3.63) is 88.4 Å². The Bertz CT molecular complexity index is 1230. The number of carbonyl (C=O) groups excluding carboxylic acids is 1. The topological polar surface area (TPSA) is 75.7 Å². The highest BCUT2D eigenvalue weighted by atomic mass is 35.5. The minimum atomic E-state index is -3.99. The number of hydrogen-bond donors (Lipinski definition) is 1. The second-order valence-electron chi connectivity index (χ2n) is 7.72. The van der Waals surface area contributed by atoms with Crippen molar-refractivity contribution in [3.63, 3.8) is 0 Å². The number of anilines is 1. The maximum atomic E-state index is 13.4. The largest absolute Gasteiger partial charge is 0.491 e. The number of sulfonamides is 1. The number of rotatable bonds is 9. The minimum absolute atomic E-state index is 0.0930. The molecule has 0 fully saturated rings. The number of amides is 1. The standard InChI is InChI=1S/C25H27ClN2O4S/c1-18-9-10-20(3)24(15-18)32-14-13-27-25(29)17-28(23-16-21(26)12-11-19(23)2)33(30,31)22-7-5-4-6-8-22/h4-12,15-16H,13-14,17H2,1-3H3,(H,27,29). The van der Waals surface area contributed by atoms with E-state index in [9.17, 15) is 13.2 Å². The van der Waals surface area contributed by atoms with E-state index in [1.807, 2.05) is 32.0 Å². The van der Waals surface area contributed by atoms with Crippen LogP contribution in [0, 0.1) is 20.8 Å². The molecule has 33 heavy (non-hydrogen) atoms. The minimum Gasteiger partial charge on any atom is -0.491 e. The summed E-state index contributed by atoms with van der Waals surface area (Å²) >= 11 is 6.14. The number of ether oxygens (including phenoxy) is 1. The lowest BCUT2D eigenvalue weighted by Crippen LogP contribution is -2.42. The summed E-state index contributed by atoms with van der Waals surface area (Å²) in [5.74, 6) is 0.311. The quantitative estimate of drug-likeness (QED) is 0.446. The van der Waals surface area contributed by atoms with Crippen molar-refractivity contribution in [1.29, 1.82) is 0 Å². The Balaban J connectivity index is 1.74. The highest BCUT2D eigenvalue weighted by molar-refractivity contribution is 7.92. The molecule has 0 radical (unpaired) electrons. The number of nitrogens with zero attached hydrogens (tertiary/aromatic N) is 1. The summed E-state index contributed by atoms with van der Waals surface area (Å²) in [6.07, 6.45) is 0. The molecule has 0 aliphatic heterocycles. The smallest absolute Gasteiger partial charge is 0.264 e. The van der Waals surface area contributed by atoms with Crippen molar-refractivity contribution in [2.24, 2.45) is 0 Å². The Labute approximate surface area is 200 Å². The van der Waals surface area contributed by atoms with Crippen molar-refractivity contribution in [3.8, 4) is 5.75 Å². The van der Waals surface area contributed by atoms with Crippen LogP contribution in [0.15, 0.2) is 71.6 Å². The molecule has 0 bridgehead atoms. The van der Waals surface area contributed by atoms with E-state index >= 15 is 0 Å². The summed E-state index contributed by atoms with van der Waals surface area (Å²) in [4.78, 5) is 12.8. The number of benzene rings is 3. The molecule has 174 valence electrons. The zero-order valence-corrected chi connectivity index (χ0v) is 20.4. The van der Waals surface area contributed by atoms with Crippen LogP contribution in [-0.2, 0) is 14.8 Å². The number of hydrogen-bond acceptors (Lipinski definition) is 4. The summed E-state index contributed by atoms with van der Waals surface area (Å²) in [7, 11) is -3.99. The van der Waals surface area contributed by atoms with Crippen molar-refractivity contribution >= 4 is 33.2 Å². The van der Waals surface area contributed by atoms with E-state index in [0.717, 1.165) is 21.2 Å². The van der Waals surface area contributed by atoms with Crippen LogP contribution in [0.25, 0.3) is 0 Å². The maximum absolute atomic E-state index is 13.4. The molecule has 6 nitrogen and oxygen atoms in total. The second-order valence-corrected chi connectivity index (χ2v) is 10.0. The van der Waals surface area contributed by atoms with E-state index in [2.05, 4.69) is 5.32 Å². The number of carbonyl (C=O) groups is 1. The van der Waals surface area contributed by atoms with Crippen LogP contribution in [0.3, 0.4) is 0 Å². The van der Waals surface area contributed by atoms with Crippen LogP contribution < -0.4 is 14.4 Å². The molecule has 3 aromatic rings. The predicted molar refractivity (Wildman–Crippen MR) is 132 cm³/mol. The van der Waals surface area contributed by atoms with Gasteiger partial charge in [-0.15, -0.1) is 0 Å². The summed E-state index contributed by atoms with van der Waals surface area (Å²) in [5, 5.41) is 3.12. The van der Waals surface area contributed by atoms with Gasteiger partial charge < -0.3 is 10.1 Å². The van der Waals surface area contributed by atoms with Crippen LogP contribution in [-0.4, -0.2) is 34.0 Å². The molecule has 0 heterocycles. The van der Waals surface area contributed by atoms with Crippen LogP contribution >= 0.6 is 11.6 Å². The van der Waals surface area contributed by atoms with Gasteiger partial charge in [0.2, 0.25) is 5.91 Å². The molecule has 0 aliphatic rings. The van der Waals surface area contributed by atoms with Gasteiger partial charge in [0.15, 0.2) is 0 Å². The Kier molecular flexibility index (Phi) is 8.00. The van der Waals surface area contributed by atoms with Gasteiger partial charge in [-0.2, -0.15) is 0 Å². The summed E-state index contributed by atoms with van der Waals surface area (Å²) in [5.41, 5.74) is 3.12. The van der Waals surface area contributed by atoms with Gasteiger partial charge in [-0.25, -0.2) is 8.42 Å². The summed E-state index contributed by atoms with van der Waals surface area (Å²) in [6.45, 7) is 5.81. The number of nitrogens with one attached hydrogen (secondary N) is 1. The lowest BCUT2D eigenvalue weighted by Gasteiger charge is -2.26. The third kappa shape index (κ3) is 6.27. The first-order chi connectivity index (χ1) is 15.7. The van der Waals surface area contributed by atoms with Crippen LogP contribution in [0.5, 0.6) is 5.75 Å². The molecule has 3 rings (SSSR count). The SMILES string of the molecule is Cc1ccc(C)c(OCCNC(=O)CN(c2cc(Cl)ccc2C)S(=O)(=O)c2ccccc2)c1. The lowest BCUT2D eigenvalue weighted by molar-refractivity contribution is -0.119. The van der Waals surface area contributed by atoms with E-state index in [0.29, 0.717) is 16.3 Å². The van der Waals surface area contributed by atoms with Gasteiger partial charge in [0.25, 0.3) is 10.0 Å². The van der Waals surface area contributed by atoms with E-state index in [-0.39, 0.29) is 24.6 Å². The van der Waals surface area contributed by atoms with E-state index in [1.165, 1.54) is 12.1 Å². The highest BCUT2D eigenvalue weighted by Crippen LogP contribution is 2.29. The fraction of sp³-hybridized carbons (Fsp3) is 0.240. The molecule has 0 aromatic heterocycles. The molecule has 0 saturated heterocycles. The van der Waals surface area contributed by atoms with Gasteiger partial charge in [-0.3, -0.25) is 9.10 Å². The number of halogens is 1. The molecule has 3 aromatic carbocycles. The normalized spacial score (nSPS) is 11.2. The monoisotopic (exact) mass is 486 g/mol. The van der Waals surface area contributed by atoms with Crippen LogP contribution in [0.2, 0.25) is 5.02 Å². The lowest BCUT2D eigenvalue weighted by atomic mass is 10.1. The van der Waals surface area contributed by atoms with Crippen LogP contribution in [0.1, 0.15) is 16.7 Å². The maximum Gasteiger partial charge on any atom is 0.264 e. The van der Waals surface area contributed by atoms with E-state index in [1.54, 1.807) is 43.3 Å². The van der Waals surface area contributed by atoms with Gasteiger partial charge in [0.1, 0.15) is 18.9 Å². The van der Waals surface area contributed by atoms with Crippen molar-refractivity contribution in [2.45, 2.75) is 25.7 Å². The molecule has 1 amide bonds. The molecule has 0 saturated carbocycles. The van der Waals surface area contributed by atoms with Gasteiger partial charge >= 0.3 is 0 Å². The van der Waals surface area contributed by atoms with Gasteiger partial charge in [0.05, 0.1) is 17.1 Å². The summed E-state index contributed by atoms with van der Waals surface area (Å²) < 4.78 is 33.6. The molecule has 0 spiro atoms. The Morgan fingerprint density at radius 1 is 0.970 bits per heavy atom. The van der Waals surface area contributed by atoms with Crippen molar-refractivity contribution < 1.29 is 17.9 Å². The average Bonchev–Trinajstić information content (AvgIpc) is 2.79. The van der Waals surface area contributed by atoms with Gasteiger partial charge in [-0.05, 0) is 67.8 Å². The predicted octanol–water partition coefficient (Wildman–Crippen LogP) is 4.66. The third-order valence-electron chi connectivity index (χ3n) is 5.08. The first-order valence-corrected chi connectivity index (χ1v) is 12.3. The average molecular weight is 487 g/mol. The Morgan fingerprint density at radius 3 is 2.39 bits per heavy atom. The molecule has 8 heteroatoms. The fourth-order valence-electron chi connectivity index (χ4n) is 3.27. The molecule has 0 aliphatic carbocycles. The first-order valence-electron chi connectivity index (χ1n) is 10.5. The molecular formula is C25H27ClN2O4S. The summed E-state index contributed by atoms with van der Waals surface area (Å²) in [6, 6.07) is 18.9. The second kappa shape index (κ2) is 10.7. The van der Waals surface area contributed by atoms with Crippen molar-refractivity contribution in [1.82, 2.24) is 5.32 Å².